The highest BCUT2D eigenvalue weighted by Crippen LogP contribution is 2.19. The molecule has 0 atom stereocenters. The molecule has 0 saturated carbocycles. The molecule has 0 N–H and O–H groups in total. The fourth-order valence-corrected chi connectivity index (χ4v) is 3.29. The van der Waals surface area contributed by atoms with Crippen molar-refractivity contribution < 1.29 is 4.79 Å². The van der Waals surface area contributed by atoms with Crippen LogP contribution in [0, 0.1) is 11.3 Å². The van der Waals surface area contributed by atoms with Crippen LogP contribution in [0.2, 0.25) is 0 Å². The van der Waals surface area contributed by atoms with E-state index in [2.05, 4.69) is 26.0 Å². The van der Waals surface area contributed by atoms with E-state index in [4.69, 9.17) is 0 Å². The van der Waals surface area contributed by atoms with Crippen molar-refractivity contribution in [1.29, 1.82) is 5.26 Å². The lowest BCUT2D eigenvalue weighted by atomic mass is 10.1. The first-order valence-electron chi connectivity index (χ1n) is 9.05. The number of amides is 1. The number of nitrogens with zero attached hydrogens (tertiary/aromatic N) is 7. The van der Waals surface area contributed by atoms with Crippen LogP contribution in [-0.4, -0.2) is 56.7 Å². The van der Waals surface area contributed by atoms with Crippen LogP contribution in [0.4, 0.5) is 5.82 Å². The molecule has 0 spiro atoms. The number of hydrogen-bond donors (Lipinski definition) is 0. The lowest BCUT2D eigenvalue weighted by molar-refractivity contribution is 0.0746. The van der Waals surface area contributed by atoms with E-state index in [0.717, 1.165) is 5.56 Å². The molecule has 1 amide bonds. The van der Waals surface area contributed by atoms with Gasteiger partial charge >= 0.3 is 0 Å². The van der Waals surface area contributed by atoms with Gasteiger partial charge < -0.3 is 9.80 Å². The molecule has 8 heteroatoms. The summed E-state index contributed by atoms with van der Waals surface area (Å²) in [6, 6.07) is 13.3. The van der Waals surface area contributed by atoms with Gasteiger partial charge in [0, 0.05) is 37.9 Å². The summed E-state index contributed by atoms with van der Waals surface area (Å²) in [7, 11) is 0. The third-order valence-electron chi connectivity index (χ3n) is 4.79. The van der Waals surface area contributed by atoms with Gasteiger partial charge in [-0.15, -0.1) is 0 Å². The second-order valence-corrected chi connectivity index (χ2v) is 6.56. The normalized spacial score (nSPS) is 14.0. The van der Waals surface area contributed by atoms with E-state index in [0.29, 0.717) is 49.7 Å². The van der Waals surface area contributed by atoms with Crippen molar-refractivity contribution in [3.8, 4) is 6.07 Å². The first-order chi connectivity index (χ1) is 13.7. The van der Waals surface area contributed by atoms with Crippen molar-refractivity contribution in [1.82, 2.24) is 24.6 Å². The molecule has 3 aromatic rings. The molecule has 1 saturated heterocycles. The monoisotopic (exact) mass is 373 g/mol. The second kappa shape index (κ2) is 7.88. The largest absolute Gasteiger partial charge is 0.352 e. The molecule has 140 valence electrons. The molecule has 0 bridgehead atoms. The van der Waals surface area contributed by atoms with Crippen molar-refractivity contribution in [3.05, 3.63) is 71.9 Å². The number of aromatic nitrogens is 4. The molecule has 3 heterocycles. The van der Waals surface area contributed by atoms with Crippen LogP contribution in [0.15, 0.2) is 55.2 Å². The molecular formula is C20H19N7O. The molecule has 1 aliphatic rings. The first-order valence-corrected chi connectivity index (χ1v) is 9.05. The van der Waals surface area contributed by atoms with Gasteiger partial charge in [-0.05, 0) is 29.8 Å². The predicted molar refractivity (Wildman–Crippen MR) is 103 cm³/mol. The molecule has 8 nitrogen and oxygen atoms in total. The minimum Gasteiger partial charge on any atom is -0.352 e. The Labute approximate surface area is 162 Å². The Morgan fingerprint density at radius 3 is 2.57 bits per heavy atom. The zero-order valence-corrected chi connectivity index (χ0v) is 15.3. The molecule has 0 unspecified atom stereocenters. The third-order valence-corrected chi connectivity index (χ3v) is 4.79. The third kappa shape index (κ3) is 3.69. The van der Waals surface area contributed by atoms with Gasteiger partial charge in [-0.2, -0.15) is 10.4 Å². The van der Waals surface area contributed by atoms with Crippen LogP contribution in [0.1, 0.15) is 21.5 Å². The number of anilines is 1. The first kappa shape index (κ1) is 17.7. The van der Waals surface area contributed by atoms with Crippen molar-refractivity contribution in [2.24, 2.45) is 0 Å². The van der Waals surface area contributed by atoms with Gasteiger partial charge in [0.2, 0.25) is 0 Å². The number of piperazine rings is 1. The summed E-state index contributed by atoms with van der Waals surface area (Å²) >= 11 is 0. The van der Waals surface area contributed by atoms with E-state index in [9.17, 15) is 10.1 Å². The lowest BCUT2D eigenvalue weighted by Gasteiger charge is -2.35. The van der Waals surface area contributed by atoms with E-state index in [1.807, 2.05) is 29.2 Å². The molecule has 0 radical (unpaired) electrons. The highest BCUT2D eigenvalue weighted by molar-refractivity contribution is 5.94. The SMILES string of the molecule is N#Cc1cccnc1N1CCN(C(=O)c2ccc(Cn3cncn3)cc2)CC1. The Morgan fingerprint density at radius 1 is 1.11 bits per heavy atom. The van der Waals surface area contributed by atoms with Crippen LogP contribution >= 0.6 is 0 Å². The Hall–Kier alpha value is -3.73. The maximum Gasteiger partial charge on any atom is 0.253 e. The summed E-state index contributed by atoms with van der Waals surface area (Å²) in [5.74, 6) is 0.711. The number of benzene rings is 1. The van der Waals surface area contributed by atoms with E-state index in [1.165, 1.54) is 6.33 Å². The Bertz CT molecular complexity index is 984. The number of rotatable bonds is 4. The average molecular weight is 373 g/mol. The Balaban J connectivity index is 1.38. The maximum absolute atomic E-state index is 12.8. The van der Waals surface area contributed by atoms with Crippen molar-refractivity contribution in [2.75, 3.05) is 31.1 Å². The van der Waals surface area contributed by atoms with Gasteiger partial charge in [-0.1, -0.05) is 12.1 Å². The summed E-state index contributed by atoms with van der Waals surface area (Å²) in [6.07, 6.45) is 4.86. The summed E-state index contributed by atoms with van der Waals surface area (Å²) in [6.45, 7) is 3.13. The number of nitriles is 1. The Morgan fingerprint density at radius 2 is 1.89 bits per heavy atom. The zero-order chi connectivity index (χ0) is 19.3. The smallest absolute Gasteiger partial charge is 0.253 e. The number of carbonyl (C=O) groups excluding carboxylic acids is 1. The van der Waals surface area contributed by atoms with Gasteiger partial charge in [0.05, 0.1) is 12.1 Å². The molecule has 28 heavy (non-hydrogen) atoms. The van der Waals surface area contributed by atoms with Crippen LogP contribution in [0.3, 0.4) is 0 Å². The molecule has 1 aliphatic heterocycles. The van der Waals surface area contributed by atoms with Gasteiger partial charge in [0.15, 0.2) is 0 Å². The highest BCUT2D eigenvalue weighted by Gasteiger charge is 2.24. The topological polar surface area (TPSA) is 90.9 Å². The minimum atomic E-state index is 0.0217. The number of hydrogen-bond acceptors (Lipinski definition) is 6. The van der Waals surface area contributed by atoms with Crippen molar-refractivity contribution >= 4 is 11.7 Å². The van der Waals surface area contributed by atoms with E-state index in [-0.39, 0.29) is 5.91 Å². The molecule has 1 aromatic carbocycles. The molecular weight excluding hydrogens is 354 g/mol. The van der Waals surface area contributed by atoms with Gasteiger partial charge in [0.25, 0.3) is 5.91 Å². The molecule has 2 aromatic heterocycles. The Kier molecular flexibility index (Phi) is 4.97. The van der Waals surface area contributed by atoms with Gasteiger partial charge in [0.1, 0.15) is 24.5 Å². The fourth-order valence-electron chi connectivity index (χ4n) is 3.29. The molecule has 1 fully saturated rings. The van der Waals surface area contributed by atoms with Gasteiger partial charge in [-0.3, -0.25) is 4.79 Å². The summed E-state index contributed by atoms with van der Waals surface area (Å²) in [5.41, 5.74) is 2.29. The summed E-state index contributed by atoms with van der Waals surface area (Å²) in [4.78, 5) is 25.0. The van der Waals surface area contributed by atoms with E-state index >= 15 is 0 Å². The quantitative estimate of drug-likeness (QED) is 0.689. The van der Waals surface area contributed by atoms with Crippen LogP contribution in [-0.2, 0) is 6.54 Å². The maximum atomic E-state index is 12.8. The van der Waals surface area contributed by atoms with Crippen LogP contribution in [0.25, 0.3) is 0 Å². The number of pyridine rings is 1. The minimum absolute atomic E-state index is 0.0217. The van der Waals surface area contributed by atoms with E-state index in [1.54, 1.807) is 29.3 Å². The van der Waals surface area contributed by atoms with Gasteiger partial charge in [-0.25, -0.2) is 14.6 Å². The summed E-state index contributed by atoms with van der Waals surface area (Å²) < 4.78 is 1.74. The zero-order valence-electron chi connectivity index (χ0n) is 15.3. The van der Waals surface area contributed by atoms with Crippen molar-refractivity contribution in [3.63, 3.8) is 0 Å². The van der Waals surface area contributed by atoms with Crippen molar-refractivity contribution in [2.45, 2.75) is 6.54 Å². The van der Waals surface area contributed by atoms with Crippen LogP contribution in [0.5, 0.6) is 0 Å². The average Bonchev–Trinajstić information content (AvgIpc) is 3.27. The summed E-state index contributed by atoms with van der Waals surface area (Å²) in [5, 5.41) is 13.3. The van der Waals surface area contributed by atoms with Crippen LogP contribution < -0.4 is 4.90 Å². The number of carbonyl (C=O) groups is 1. The molecule has 4 rings (SSSR count). The molecule has 0 aliphatic carbocycles. The highest BCUT2D eigenvalue weighted by atomic mass is 16.2. The van der Waals surface area contributed by atoms with E-state index < -0.39 is 0 Å². The second-order valence-electron chi connectivity index (χ2n) is 6.56. The fraction of sp³-hybridized carbons (Fsp3) is 0.250. The predicted octanol–water partition coefficient (Wildman–Crippen LogP) is 1.56. The lowest BCUT2D eigenvalue weighted by Crippen LogP contribution is -2.49. The standard InChI is InChI=1S/C20H19N7O/c21-12-18-2-1-7-23-19(18)25-8-10-26(11-9-25)20(28)17-5-3-16(4-6-17)13-27-15-22-14-24-27/h1-7,14-15H,8-11,13H2.